The molecular formula is C16H29N3O3. The Balaban J connectivity index is 1.46. The van der Waals surface area contributed by atoms with Gasteiger partial charge < -0.3 is 19.6 Å². The molecule has 0 unspecified atom stereocenters. The number of amides is 1. The van der Waals surface area contributed by atoms with E-state index in [1.54, 1.807) is 0 Å². The molecule has 0 aromatic heterocycles. The molecule has 3 heterocycles. The Morgan fingerprint density at radius 2 is 2.00 bits per heavy atom. The Hall–Kier alpha value is -0.690. The number of piperidine rings is 1. The number of carbonyl (C=O) groups is 1. The van der Waals surface area contributed by atoms with Gasteiger partial charge in [0.1, 0.15) is 6.10 Å². The summed E-state index contributed by atoms with van der Waals surface area (Å²) in [4.78, 5) is 18.8. The van der Waals surface area contributed by atoms with Crippen molar-refractivity contribution >= 4 is 5.91 Å². The van der Waals surface area contributed by atoms with E-state index in [1.807, 2.05) is 4.90 Å². The summed E-state index contributed by atoms with van der Waals surface area (Å²) in [5, 5.41) is 10.8. The van der Waals surface area contributed by atoms with E-state index < -0.39 is 5.60 Å². The van der Waals surface area contributed by atoms with Crippen LogP contribution in [0.1, 0.15) is 25.7 Å². The molecule has 1 N–H and O–H groups in total. The lowest BCUT2D eigenvalue weighted by molar-refractivity contribution is -0.143. The number of aliphatic hydroxyl groups is 1. The monoisotopic (exact) mass is 311 g/mol. The average Bonchev–Trinajstić information content (AvgIpc) is 3.01. The minimum Gasteiger partial charge on any atom is -0.387 e. The molecule has 1 amide bonds. The molecule has 0 radical (unpaired) electrons. The molecule has 3 aliphatic heterocycles. The van der Waals surface area contributed by atoms with Crippen molar-refractivity contribution < 1.29 is 14.6 Å². The van der Waals surface area contributed by atoms with Crippen LogP contribution in [0.5, 0.6) is 0 Å². The number of piperazine rings is 1. The molecule has 0 spiro atoms. The molecule has 0 aromatic carbocycles. The van der Waals surface area contributed by atoms with Crippen LogP contribution in [0.15, 0.2) is 0 Å². The van der Waals surface area contributed by atoms with E-state index in [1.165, 1.54) is 0 Å². The maximum Gasteiger partial charge on any atom is 0.251 e. The fourth-order valence-corrected chi connectivity index (χ4v) is 3.99. The van der Waals surface area contributed by atoms with Crippen LogP contribution in [-0.4, -0.2) is 96.9 Å². The van der Waals surface area contributed by atoms with E-state index in [0.29, 0.717) is 0 Å². The Morgan fingerprint density at radius 1 is 1.23 bits per heavy atom. The van der Waals surface area contributed by atoms with Crippen molar-refractivity contribution in [2.45, 2.75) is 37.4 Å². The number of likely N-dealkylation sites (tertiary alicyclic amines) is 1. The largest absolute Gasteiger partial charge is 0.387 e. The quantitative estimate of drug-likeness (QED) is 0.780. The third kappa shape index (κ3) is 3.79. The van der Waals surface area contributed by atoms with Gasteiger partial charge in [-0.3, -0.25) is 9.69 Å². The minimum atomic E-state index is -0.590. The number of hydrogen-bond acceptors (Lipinski definition) is 5. The van der Waals surface area contributed by atoms with Crippen LogP contribution in [-0.2, 0) is 9.53 Å². The smallest absolute Gasteiger partial charge is 0.251 e. The molecular weight excluding hydrogens is 282 g/mol. The van der Waals surface area contributed by atoms with Gasteiger partial charge in [-0.25, -0.2) is 0 Å². The standard InChI is InChI=1S/C16H29N3O3/c1-17-6-3-5-16(21,12-17)13-18-7-9-19(10-8-18)15(20)14-4-2-11-22-14/h14,21H,2-13H2,1H3/t14-,16-/m0/s1. The number of rotatable bonds is 3. The summed E-state index contributed by atoms with van der Waals surface area (Å²) in [6, 6.07) is 0. The van der Waals surface area contributed by atoms with Gasteiger partial charge >= 0.3 is 0 Å². The number of hydrogen-bond donors (Lipinski definition) is 1. The molecule has 0 aromatic rings. The Kier molecular flexibility index (Phi) is 5.02. The zero-order valence-corrected chi connectivity index (χ0v) is 13.7. The highest BCUT2D eigenvalue weighted by molar-refractivity contribution is 5.81. The lowest BCUT2D eigenvalue weighted by Gasteiger charge is -2.43. The molecule has 22 heavy (non-hydrogen) atoms. The zero-order valence-electron chi connectivity index (χ0n) is 13.7. The van der Waals surface area contributed by atoms with Gasteiger partial charge in [-0.05, 0) is 39.3 Å². The van der Waals surface area contributed by atoms with Crippen LogP contribution < -0.4 is 0 Å². The van der Waals surface area contributed by atoms with Crippen LogP contribution in [0.3, 0.4) is 0 Å². The topological polar surface area (TPSA) is 56.2 Å². The predicted molar refractivity (Wildman–Crippen MR) is 83.7 cm³/mol. The average molecular weight is 311 g/mol. The van der Waals surface area contributed by atoms with Gasteiger partial charge in [0.2, 0.25) is 0 Å². The summed E-state index contributed by atoms with van der Waals surface area (Å²) >= 11 is 0. The number of likely N-dealkylation sites (N-methyl/N-ethyl adjacent to an activating group) is 1. The van der Waals surface area contributed by atoms with Crippen molar-refractivity contribution in [1.82, 2.24) is 14.7 Å². The molecule has 2 atom stereocenters. The van der Waals surface area contributed by atoms with E-state index in [9.17, 15) is 9.90 Å². The molecule has 3 fully saturated rings. The van der Waals surface area contributed by atoms with E-state index in [2.05, 4.69) is 16.8 Å². The predicted octanol–water partition coefficient (Wildman–Crippen LogP) is -0.234. The van der Waals surface area contributed by atoms with Crippen molar-refractivity contribution in [3.05, 3.63) is 0 Å². The molecule has 3 rings (SSSR count). The van der Waals surface area contributed by atoms with Gasteiger partial charge in [-0.15, -0.1) is 0 Å². The highest BCUT2D eigenvalue weighted by Gasteiger charge is 2.36. The number of β-amino-alcohol motifs (C(OH)–C–C–N with tert-alkyl or cyclic N) is 1. The van der Waals surface area contributed by atoms with Crippen molar-refractivity contribution in [2.24, 2.45) is 0 Å². The summed E-state index contributed by atoms with van der Waals surface area (Å²) in [5.74, 6) is 0.160. The fraction of sp³-hybridized carbons (Fsp3) is 0.938. The first-order valence-corrected chi connectivity index (χ1v) is 8.59. The highest BCUT2D eigenvalue weighted by atomic mass is 16.5. The van der Waals surface area contributed by atoms with Gasteiger partial charge in [0.25, 0.3) is 5.91 Å². The van der Waals surface area contributed by atoms with Gasteiger partial charge in [-0.1, -0.05) is 0 Å². The molecule has 6 nitrogen and oxygen atoms in total. The van der Waals surface area contributed by atoms with Crippen molar-refractivity contribution in [1.29, 1.82) is 0 Å². The first kappa shape index (κ1) is 16.2. The van der Waals surface area contributed by atoms with Crippen LogP contribution >= 0.6 is 0 Å². The normalized spacial score (nSPS) is 35.0. The van der Waals surface area contributed by atoms with Crippen LogP contribution in [0.25, 0.3) is 0 Å². The van der Waals surface area contributed by atoms with E-state index >= 15 is 0 Å². The van der Waals surface area contributed by atoms with Crippen molar-refractivity contribution in [3.63, 3.8) is 0 Å². The molecule has 3 saturated heterocycles. The summed E-state index contributed by atoms with van der Waals surface area (Å²) in [5.41, 5.74) is -0.590. The number of ether oxygens (including phenoxy) is 1. The summed E-state index contributed by atoms with van der Waals surface area (Å²) in [6.07, 6.45) is 3.60. The van der Waals surface area contributed by atoms with E-state index in [-0.39, 0.29) is 12.0 Å². The van der Waals surface area contributed by atoms with E-state index in [0.717, 1.165) is 78.1 Å². The van der Waals surface area contributed by atoms with Gasteiger partial charge in [-0.2, -0.15) is 0 Å². The Bertz CT molecular complexity index is 392. The second-order valence-corrected chi connectivity index (χ2v) is 7.17. The SMILES string of the molecule is CN1CCC[C@@](O)(CN2CCN(C(=O)[C@@H]3CCCO3)CC2)C1. The van der Waals surface area contributed by atoms with Crippen LogP contribution in [0.4, 0.5) is 0 Å². The first-order valence-electron chi connectivity index (χ1n) is 8.59. The zero-order chi connectivity index (χ0) is 15.6. The van der Waals surface area contributed by atoms with E-state index in [4.69, 9.17) is 4.74 Å². The lowest BCUT2D eigenvalue weighted by Crippen LogP contribution is -2.58. The molecule has 0 saturated carbocycles. The highest BCUT2D eigenvalue weighted by Crippen LogP contribution is 2.22. The second kappa shape index (κ2) is 6.83. The molecule has 126 valence electrons. The van der Waals surface area contributed by atoms with Gasteiger partial charge in [0.05, 0.1) is 5.60 Å². The van der Waals surface area contributed by atoms with Gasteiger partial charge in [0, 0.05) is 45.9 Å². The third-order valence-electron chi connectivity index (χ3n) is 5.15. The van der Waals surface area contributed by atoms with Crippen LogP contribution in [0, 0.1) is 0 Å². The molecule has 0 aliphatic carbocycles. The number of nitrogens with zero attached hydrogens (tertiary/aromatic N) is 3. The molecule has 3 aliphatic rings. The van der Waals surface area contributed by atoms with Gasteiger partial charge in [0.15, 0.2) is 0 Å². The van der Waals surface area contributed by atoms with Crippen molar-refractivity contribution in [2.75, 3.05) is 59.5 Å². The molecule has 6 heteroatoms. The minimum absolute atomic E-state index is 0.160. The second-order valence-electron chi connectivity index (χ2n) is 7.17. The summed E-state index contributed by atoms with van der Waals surface area (Å²) < 4.78 is 5.49. The maximum absolute atomic E-state index is 12.3. The third-order valence-corrected chi connectivity index (χ3v) is 5.15. The first-order chi connectivity index (χ1) is 10.6. The summed E-state index contributed by atoms with van der Waals surface area (Å²) in [7, 11) is 2.07. The Labute approximate surface area is 133 Å². The van der Waals surface area contributed by atoms with Crippen molar-refractivity contribution in [3.8, 4) is 0 Å². The lowest BCUT2D eigenvalue weighted by atomic mass is 9.92. The summed E-state index contributed by atoms with van der Waals surface area (Å²) in [6.45, 7) is 6.48. The Morgan fingerprint density at radius 3 is 2.64 bits per heavy atom. The molecule has 0 bridgehead atoms. The van der Waals surface area contributed by atoms with Crippen LogP contribution in [0.2, 0.25) is 0 Å². The fourth-order valence-electron chi connectivity index (χ4n) is 3.99. The maximum atomic E-state index is 12.3. The number of carbonyl (C=O) groups excluding carboxylic acids is 1.